The number of aliphatic hydroxyl groups is 1. The summed E-state index contributed by atoms with van der Waals surface area (Å²) in [5.74, 6) is -0.0891. The summed E-state index contributed by atoms with van der Waals surface area (Å²) < 4.78 is 44.1. The van der Waals surface area contributed by atoms with Gasteiger partial charge in [0.25, 0.3) is 5.91 Å². The molecule has 0 bridgehead atoms. The highest BCUT2D eigenvalue weighted by atomic mass is 32.2. The third-order valence-corrected chi connectivity index (χ3v) is 7.70. The largest absolute Gasteiger partial charge is 0.392 e. The van der Waals surface area contributed by atoms with Gasteiger partial charge < -0.3 is 24.6 Å². The number of sulfonamides is 1. The summed E-state index contributed by atoms with van der Waals surface area (Å²) in [5.41, 5.74) is 1.17. The van der Waals surface area contributed by atoms with Crippen molar-refractivity contribution in [2.45, 2.75) is 36.6 Å². The Bertz CT molecular complexity index is 1050. The number of carbonyl (C=O) groups is 1. The van der Waals surface area contributed by atoms with Crippen molar-refractivity contribution < 1.29 is 32.5 Å². The normalized spacial score (nSPS) is 19.0. The van der Waals surface area contributed by atoms with Crippen molar-refractivity contribution in [3.63, 3.8) is 0 Å². The predicted molar refractivity (Wildman–Crippen MR) is 122 cm³/mol. The molecule has 2 aliphatic heterocycles. The molecular formula is C23H29N3O7S. The van der Waals surface area contributed by atoms with E-state index in [4.69, 9.17) is 14.2 Å². The number of aromatic nitrogens is 1. The SMILES string of the molecule is O=C(Nc1ccc(CO)cn1)C(OC1CCOCC1)c1ccc(S(=O)(=O)N2CCOCC2)cc1. The fraction of sp³-hybridized carbons (Fsp3) is 0.478. The van der Waals surface area contributed by atoms with Gasteiger partial charge in [0.15, 0.2) is 6.10 Å². The summed E-state index contributed by atoms with van der Waals surface area (Å²) in [4.78, 5) is 17.5. The first kappa shape index (κ1) is 24.7. The number of carbonyl (C=O) groups excluding carboxylic acids is 1. The van der Waals surface area contributed by atoms with Crippen molar-refractivity contribution in [3.05, 3.63) is 53.7 Å². The Morgan fingerprint density at radius 1 is 1.09 bits per heavy atom. The number of amides is 1. The van der Waals surface area contributed by atoms with Crippen LogP contribution in [0, 0.1) is 0 Å². The van der Waals surface area contributed by atoms with Gasteiger partial charge in [0.2, 0.25) is 10.0 Å². The van der Waals surface area contributed by atoms with Crippen LogP contribution in [-0.4, -0.2) is 74.3 Å². The summed E-state index contributed by atoms with van der Waals surface area (Å²) in [6, 6.07) is 9.50. The lowest BCUT2D eigenvalue weighted by atomic mass is 10.1. The molecule has 0 radical (unpaired) electrons. The Hall–Kier alpha value is -2.41. The molecule has 11 heteroatoms. The molecule has 2 N–H and O–H groups in total. The maximum absolute atomic E-state index is 13.2. The lowest BCUT2D eigenvalue weighted by Crippen LogP contribution is -2.40. The summed E-state index contributed by atoms with van der Waals surface area (Å²) in [6.45, 7) is 2.32. The highest BCUT2D eigenvalue weighted by molar-refractivity contribution is 7.89. The van der Waals surface area contributed by atoms with Gasteiger partial charge in [0.1, 0.15) is 5.82 Å². The van der Waals surface area contributed by atoms with E-state index in [9.17, 15) is 18.3 Å². The molecule has 34 heavy (non-hydrogen) atoms. The van der Waals surface area contributed by atoms with Crippen LogP contribution in [-0.2, 0) is 35.6 Å². The van der Waals surface area contributed by atoms with Crippen molar-refractivity contribution in [1.29, 1.82) is 0 Å². The number of nitrogens with zero attached hydrogens (tertiary/aromatic N) is 2. The number of pyridine rings is 1. The molecule has 2 fully saturated rings. The second-order valence-corrected chi connectivity index (χ2v) is 10.1. The smallest absolute Gasteiger partial charge is 0.259 e. The van der Waals surface area contributed by atoms with Crippen LogP contribution in [0.15, 0.2) is 47.5 Å². The molecule has 0 spiro atoms. The molecule has 1 atom stereocenters. The summed E-state index contributed by atoms with van der Waals surface area (Å²) in [6.07, 6.45) is 1.69. The first-order valence-electron chi connectivity index (χ1n) is 11.2. The lowest BCUT2D eigenvalue weighted by molar-refractivity contribution is -0.136. The number of hydrogen-bond donors (Lipinski definition) is 2. The topological polar surface area (TPSA) is 127 Å². The number of hydrogen-bond acceptors (Lipinski definition) is 8. The zero-order chi connectivity index (χ0) is 24.0. The van der Waals surface area contributed by atoms with E-state index in [1.807, 2.05) is 0 Å². The van der Waals surface area contributed by atoms with E-state index < -0.39 is 22.0 Å². The Balaban J connectivity index is 1.54. The van der Waals surface area contributed by atoms with Crippen molar-refractivity contribution in [3.8, 4) is 0 Å². The molecule has 2 aromatic rings. The molecule has 0 saturated carbocycles. The van der Waals surface area contributed by atoms with E-state index in [1.165, 1.54) is 22.6 Å². The Kier molecular flexibility index (Phi) is 8.24. The van der Waals surface area contributed by atoms with Crippen molar-refractivity contribution in [1.82, 2.24) is 9.29 Å². The molecule has 10 nitrogen and oxygen atoms in total. The monoisotopic (exact) mass is 491 g/mol. The second-order valence-electron chi connectivity index (χ2n) is 8.11. The molecule has 1 unspecified atom stereocenters. The number of rotatable bonds is 8. The fourth-order valence-corrected chi connectivity index (χ4v) is 5.24. The quantitative estimate of drug-likeness (QED) is 0.568. The molecule has 1 amide bonds. The number of benzene rings is 1. The molecule has 2 saturated heterocycles. The average Bonchev–Trinajstić information content (AvgIpc) is 2.89. The van der Waals surface area contributed by atoms with Crippen LogP contribution in [0.25, 0.3) is 0 Å². The molecule has 0 aliphatic carbocycles. The highest BCUT2D eigenvalue weighted by Crippen LogP contribution is 2.27. The van der Waals surface area contributed by atoms with E-state index in [1.54, 1.807) is 24.3 Å². The first-order chi connectivity index (χ1) is 16.5. The molecular weight excluding hydrogens is 462 g/mol. The minimum absolute atomic E-state index is 0.142. The van der Waals surface area contributed by atoms with E-state index in [0.717, 1.165) is 0 Å². The Labute approximate surface area is 198 Å². The van der Waals surface area contributed by atoms with Crippen molar-refractivity contribution in [2.75, 3.05) is 44.8 Å². The van der Waals surface area contributed by atoms with Crippen LogP contribution in [0.3, 0.4) is 0 Å². The Morgan fingerprint density at radius 3 is 2.38 bits per heavy atom. The van der Waals surface area contributed by atoms with E-state index in [0.29, 0.717) is 69.3 Å². The standard InChI is InChI=1S/C23H29N3O7S/c27-16-17-1-6-21(24-15-17)25-23(28)22(33-19-7-11-31-12-8-19)18-2-4-20(5-3-18)34(29,30)26-9-13-32-14-10-26/h1-6,15,19,22,27H,7-14,16H2,(H,24,25,28). The van der Waals surface area contributed by atoms with Gasteiger partial charge in [-0.1, -0.05) is 18.2 Å². The van der Waals surface area contributed by atoms with Gasteiger partial charge >= 0.3 is 0 Å². The van der Waals surface area contributed by atoms with Gasteiger partial charge in [-0.15, -0.1) is 0 Å². The van der Waals surface area contributed by atoms with Gasteiger partial charge in [-0.05, 0) is 42.2 Å². The molecule has 4 rings (SSSR count). The van der Waals surface area contributed by atoms with Gasteiger partial charge in [-0.25, -0.2) is 13.4 Å². The zero-order valence-corrected chi connectivity index (χ0v) is 19.6. The first-order valence-corrected chi connectivity index (χ1v) is 12.7. The van der Waals surface area contributed by atoms with Gasteiger partial charge in [-0.2, -0.15) is 4.31 Å². The Morgan fingerprint density at radius 2 is 1.76 bits per heavy atom. The summed E-state index contributed by atoms with van der Waals surface area (Å²) >= 11 is 0. The van der Waals surface area contributed by atoms with Gasteiger partial charge in [-0.3, -0.25) is 4.79 Å². The molecule has 1 aromatic heterocycles. The maximum Gasteiger partial charge on any atom is 0.259 e. The van der Waals surface area contributed by atoms with Crippen LogP contribution in [0.5, 0.6) is 0 Å². The van der Waals surface area contributed by atoms with Crippen LogP contribution >= 0.6 is 0 Å². The number of ether oxygens (including phenoxy) is 3. The van der Waals surface area contributed by atoms with Crippen molar-refractivity contribution >= 4 is 21.7 Å². The fourth-order valence-electron chi connectivity index (χ4n) is 3.83. The van der Waals surface area contributed by atoms with E-state index in [2.05, 4.69) is 10.3 Å². The van der Waals surface area contributed by atoms with Crippen LogP contribution in [0.2, 0.25) is 0 Å². The zero-order valence-electron chi connectivity index (χ0n) is 18.8. The summed E-state index contributed by atoms with van der Waals surface area (Å²) in [5, 5.41) is 11.9. The van der Waals surface area contributed by atoms with Crippen LogP contribution < -0.4 is 5.32 Å². The van der Waals surface area contributed by atoms with Crippen LogP contribution in [0.4, 0.5) is 5.82 Å². The van der Waals surface area contributed by atoms with Crippen LogP contribution in [0.1, 0.15) is 30.1 Å². The average molecular weight is 492 g/mol. The number of nitrogens with one attached hydrogen (secondary N) is 1. The van der Waals surface area contributed by atoms with Crippen molar-refractivity contribution in [2.24, 2.45) is 0 Å². The third-order valence-electron chi connectivity index (χ3n) is 5.78. The van der Waals surface area contributed by atoms with Gasteiger partial charge in [0, 0.05) is 32.5 Å². The minimum Gasteiger partial charge on any atom is -0.392 e. The third kappa shape index (κ3) is 5.98. The molecule has 1 aromatic carbocycles. The van der Waals surface area contributed by atoms with Gasteiger partial charge in [0.05, 0.1) is 30.8 Å². The molecule has 3 heterocycles. The number of anilines is 1. The molecule has 184 valence electrons. The highest BCUT2D eigenvalue weighted by Gasteiger charge is 2.29. The number of aliphatic hydroxyl groups excluding tert-OH is 1. The van der Waals surface area contributed by atoms with E-state index in [-0.39, 0.29) is 17.6 Å². The maximum atomic E-state index is 13.2. The summed E-state index contributed by atoms with van der Waals surface area (Å²) in [7, 11) is -3.64. The number of morpholine rings is 1. The predicted octanol–water partition coefficient (Wildman–Crippen LogP) is 1.47. The van der Waals surface area contributed by atoms with E-state index >= 15 is 0 Å². The lowest BCUT2D eigenvalue weighted by Gasteiger charge is -2.28. The second kappa shape index (κ2) is 11.3. The minimum atomic E-state index is -3.64. The molecule has 2 aliphatic rings.